The second-order valence-electron chi connectivity index (χ2n) is 6.88. The SMILES string of the molecule is CCS(=O)(=O)N(C)CCCNC(=NC)NCC1(CCOC)CCCC1. The van der Waals surface area contributed by atoms with Crippen molar-refractivity contribution < 1.29 is 13.2 Å². The minimum Gasteiger partial charge on any atom is -0.385 e. The number of guanidine groups is 1. The van der Waals surface area contributed by atoms with Gasteiger partial charge in [0.05, 0.1) is 5.75 Å². The minimum absolute atomic E-state index is 0.143. The van der Waals surface area contributed by atoms with E-state index in [4.69, 9.17) is 4.74 Å². The highest BCUT2D eigenvalue weighted by atomic mass is 32.2. The van der Waals surface area contributed by atoms with Gasteiger partial charge in [0, 0.05) is 47.4 Å². The van der Waals surface area contributed by atoms with Crippen molar-refractivity contribution in [3.05, 3.63) is 0 Å². The Kier molecular flexibility index (Phi) is 9.74. The molecule has 0 amide bonds. The van der Waals surface area contributed by atoms with Gasteiger partial charge in [-0.1, -0.05) is 12.8 Å². The van der Waals surface area contributed by atoms with Gasteiger partial charge in [0.25, 0.3) is 0 Å². The van der Waals surface area contributed by atoms with Crippen LogP contribution in [0.2, 0.25) is 0 Å². The van der Waals surface area contributed by atoms with E-state index < -0.39 is 10.0 Å². The van der Waals surface area contributed by atoms with Gasteiger partial charge in [0.2, 0.25) is 10.0 Å². The van der Waals surface area contributed by atoms with Gasteiger partial charge in [-0.05, 0) is 38.0 Å². The summed E-state index contributed by atoms with van der Waals surface area (Å²) in [7, 11) is 2.06. The summed E-state index contributed by atoms with van der Waals surface area (Å²) >= 11 is 0. The molecule has 0 unspecified atom stereocenters. The highest BCUT2D eigenvalue weighted by Gasteiger charge is 2.33. The Morgan fingerprint density at radius 2 is 1.96 bits per heavy atom. The van der Waals surface area contributed by atoms with Gasteiger partial charge in [0.15, 0.2) is 5.96 Å². The number of ether oxygens (including phenoxy) is 1. The summed E-state index contributed by atoms with van der Waals surface area (Å²) in [4.78, 5) is 4.27. The fourth-order valence-electron chi connectivity index (χ4n) is 3.32. The lowest BCUT2D eigenvalue weighted by Crippen LogP contribution is -2.44. The van der Waals surface area contributed by atoms with Crippen LogP contribution in [-0.4, -0.2) is 71.9 Å². The summed E-state index contributed by atoms with van der Waals surface area (Å²) in [5.74, 6) is 0.925. The molecule has 0 radical (unpaired) electrons. The quantitative estimate of drug-likeness (QED) is 0.324. The molecule has 0 saturated heterocycles. The average molecular weight is 377 g/mol. The maximum absolute atomic E-state index is 11.7. The summed E-state index contributed by atoms with van der Waals surface area (Å²) in [5, 5.41) is 6.72. The van der Waals surface area contributed by atoms with E-state index >= 15 is 0 Å². The van der Waals surface area contributed by atoms with Gasteiger partial charge in [0.1, 0.15) is 0 Å². The van der Waals surface area contributed by atoms with Gasteiger partial charge in [-0.25, -0.2) is 12.7 Å². The first-order valence-corrected chi connectivity index (χ1v) is 10.9. The standard InChI is InChI=1S/C17H36N4O3S/c1-5-25(22,23)21(3)13-8-12-19-16(18-2)20-15-17(11-14-24-4)9-6-7-10-17/h5-15H2,1-4H3,(H2,18,19,20). The molecule has 0 bridgehead atoms. The Balaban J connectivity index is 2.35. The topological polar surface area (TPSA) is 83.0 Å². The predicted octanol–water partition coefficient (Wildman–Crippen LogP) is 1.42. The monoisotopic (exact) mass is 376 g/mol. The third kappa shape index (κ3) is 7.50. The second-order valence-corrected chi connectivity index (χ2v) is 9.24. The van der Waals surface area contributed by atoms with Gasteiger partial charge in [-0.2, -0.15) is 0 Å². The first-order valence-electron chi connectivity index (χ1n) is 9.26. The smallest absolute Gasteiger partial charge is 0.213 e. The van der Waals surface area contributed by atoms with Gasteiger partial charge in [-0.15, -0.1) is 0 Å². The number of methoxy groups -OCH3 is 1. The molecule has 1 rings (SSSR count). The van der Waals surface area contributed by atoms with Crippen LogP contribution in [0.3, 0.4) is 0 Å². The molecule has 1 aliphatic rings. The van der Waals surface area contributed by atoms with E-state index in [1.807, 2.05) is 0 Å². The Hall–Kier alpha value is -0.860. The molecule has 0 aromatic carbocycles. The molecule has 2 N–H and O–H groups in total. The van der Waals surface area contributed by atoms with E-state index in [1.165, 1.54) is 30.0 Å². The molecule has 1 saturated carbocycles. The summed E-state index contributed by atoms with van der Waals surface area (Å²) in [6.07, 6.45) is 6.86. The lowest BCUT2D eigenvalue weighted by molar-refractivity contribution is 0.138. The van der Waals surface area contributed by atoms with Crippen LogP contribution >= 0.6 is 0 Å². The van der Waals surface area contributed by atoms with E-state index in [0.29, 0.717) is 18.5 Å². The van der Waals surface area contributed by atoms with Crippen LogP contribution in [0, 0.1) is 5.41 Å². The lowest BCUT2D eigenvalue weighted by atomic mass is 9.83. The largest absolute Gasteiger partial charge is 0.385 e. The van der Waals surface area contributed by atoms with Crippen LogP contribution in [0.1, 0.15) is 45.4 Å². The number of aliphatic imine (C=N–C) groups is 1. The van der Waals surface area contributed by atoms with Crippen molar-refractivity contribution in [3.63, 3.8) is 0 Å². The summed E-state index contributed by atoms with van der Waals surface area (Å²) in [6, 6.07) is 0. The van der Waals surface area contributed by atoms with Gasteiger partial charge >= 0.3 is 0 Å². The molecular formula is C17H36N4O3S. The van der Waals surface area contributed by atoms with Crippen molar-refractivity contribution in [3.8, 4) is 0 Å². The maximum atomic E-state index is 11.7. The van der Waals surface area contributed by atoms with Crippen LogP contribution in [0.4, 0.5) is 0 Å². The zero-order valence-corrected chi connectivity index (χ0v) is 17.1. The van der Waals surface area contributed by atoms with Crippen molar-refractivity contribution >= 4 is 16.0 Å². The number of nitrogens with one attached hydrogen (secondary N) is 2. The van der Waals surface area contributed by atoms with Crippen molar-refractivity contribution in [1.82, 2.24) is 14.9 Å². The Morgan fingerprint density at radius 1 is 1.28 bits per heavy atom. The molecule has 0 aromatic rings. The van der Waals surface area contributed by atoms with E-state index in [2.05, 4.69) is 15.6 Å². The normalized spacial score (nSPS) is 17.9. The number of sulfonamides is 1. The summed E-state index contributed by atoms with van der Waals surface area (Å²) in [6.45, 7) is 4.57. The summed E-state index contributed by atoms with van der Waals surface area (Å²) < 4.78 is 30.1. The van der Waals surface area contributed by atoms with Crippen LogP contribution < -0.4 is 10.6 Å². The van der Waals surface area contributed by atoms with Crippen molar-refractivity contribution in [1.29, 1.82) is 0 Å². The molecule has 1 aliphatic carbocycles. The molecular weight excluding hydrogens is 340 g/mol. The van der Waals surface area contributed by atoms with Gasteiger partial charge in [-0.3, -0.25) is 4.99 Å². The van der Waals surface area contributed by atoms with Gasteiger partial charge < -0.3 is 15.4 Å². The Bertz CT molecular complexity index is 502. The first-order chi connectivity index (χ1) is 11.9. The third-order valence-electron chi connectivity index (χ3n) is 5.14. The van der Waals surface area contributed by atoms with E-state index in [1.54, 1.807) is 28.1 Å². The lowest BCUT2D eigenvalue weighted by Gasteiger charge is -2.30. The molecule has 0 spiro atoms. The van der Waals surface area contributed by atoms with Crippen molar-refractivity contribution in [2.75, 3.05) is 53.2 Å². The highest BCUT2D eigenvalue weighted by Crippen LogP contribution is 2.40. The number of rotatable bonds is 11. The summed E-state index contributed by atoms with van der Waals surface area (Å²) in [5.41, 5.74) is 0.309. The molecule has 0 atom stereocenters. The van der Waals surface area contributed by atoms with E-state index in [0.717, 1.165) is 32.0 Å². The van der Waals surface area contributed by atoms with Crippen LogP contribution in [0.5, 0.6) is 0 Å². The number of hydrogen-bond acceptors (Lipinski definition) is 4. The van der Waals surface area contributed by atoms with Crippen molar-refractivity contribution in [2.45, 2.75) is 45.4 Å². The van der Waals surface area contributed by atoms with E-state index in [9.17, 15) is 8.42 Å². The zero-order valence-electron chi connectivity index (χ0n) is 16.3. The number of hydrogen-bond donors (Lipinski definition) is 2. The molecule has 8 heteroatoms. The maximum Gasteiger partial charge on any atom is 0.213 e. The predicted molar refractivity (Wildman–Crippen MR) is 103 cm³/mol. The Labute approximate surface area is 153 Å². The number of nitrogens with zero attached hydrogens (tertiary/aromatic N) is 2. The first kappa shape index (κ1) is 22.2. The van der Waals surface area contributed by atoms with E-state index in [-0.39, 0.29) is 5.75 Å². The fraction of sp³-hybridized carbons (Fsp3) is 0.941. The van der Waals surface area contributed by atoms with Crippen LogP contribution in [0.25, 0.3) is 0 Å². The average Bonchev–Trinajstić information content (AvgIpc) is 3.08. The molecule has 0 aromatic heterocycles. The molecule has 7 nitrogen and oxygen atoms in total. The third-order valence-corrected chi connectivity index (χ3v) is 7.00. The highest BCUT2D eigenvalue weighted by molar-refractivity contribution is 7.89. The zero-order chi connectivity index (χ0) is 18.8. The molecule has 25 heavy (non-hydrogen) atoms. The molecule has 1 fully saturated rings. The fourth-order valence-corrected chi connectivity index (χ4v) is 4.17. The van der Waals surface area contributed by atoms with Crippen LogP contribution in [0.15, 0.2) is 4.99 Å². The van der Waals surface area contributed by atoms with Crippen molar-refractivity contribution in [2.24, 2.45) is 10.4 Å². The minimum atomic E-state index is -3.09. The molecule has 148 valence electrons. The van der Waals surface area contributed by atoms with Crippen LogP contribution in [-0.2, 0) is 14.8 Å². The molecule has 0 heterocycles. The Morgan fingerprint density at radius 3 is 2.52 bits per heavy atom. The molecule has 0 aliphatic heterocycles. The second kappa shape index (κ2) is 11.0.